The highest BCUT2D eigenvalue weighted by molar-refractivity contribution is 6.08. The standard InChI is InChI=1S/C22H17N3O5/c1-13-7-8-18-17(10-13)19(16-6-3-9-23-21(16)26)20(22(27)28)24(18)12-14-4-2-5-15(11-14)25(29)30/h2-11H,12H2,1H3,(H,23,26)(H,27,28). The van der Waals surface area contributed by atoms with Gasteiger partial charge < -0.3 is 14.7 Å². The summed E-state index contributed by atoms with van der Waals surface area (Å²) in [6.45, 7) is 1.99. The number of H-pyrrole nitrogens is 1. The Hall–Kier alpha value is -4.20. The molecule has 2 aromatic carbocycles. The first-order valence-corrected chi connectivity index (χ1v) is 9.14. The number of aromatic amines is 1. The van der Waals surface area contributed by atoms with Crippen LogP contribution in [-0.4, -0.2) is 25.6 Å². The normalized spacial score (nSPS) is 11.0. The van der Waals surface area contributed by atoms with Gasteiger partial charge in [0.25, 0.3) is 11.2 Å². The largest absolute Gasteiger partial charge is 0.477 e. The van der Waals surface area contributed by atoms with Gasteiger partial charge in [0.05, 0.1) is 4.92 Å². The minimum atomic E-state index is -1.19. The number of fused-ring (bicyclic) bond motifs is 1. The van der Waals surface area contributed by atoms with Crippen LogP contribution in [0, 0.1) is 17.0 Å². The van der Waals surface area contributed by atoms with Crippen LogP contribution in [0.15, 0.2) is 65.6 Å². The Balaban J connectivity index is 2.03. The van der Waals surface area contributed by atoms with Crippen molar-refractivity contribution in [2.24, 2.45) is 0 Å². The summed E-state index contributed by atoms with van der Waals surface area (Å²) in [7, 11) is 0. The first-order chi connectivity index (χ1) is 14.4. The number of rotatable bonds is 5. The topological polar surface area (TPSA) is 118 Å². The lowest BCUT2D eigenvalue weighted by atomic mass is 10.0. The number of hydrogen-bond donors (Lipinski definition) is 2. The molecule has 0 spiro atoms. The van der Waals surface area contributed by atoms with Crippen LogP contribution in [0.2, 0.25) is 0 Å². The molecule has 0 saturated carbocycles. The minimum absolute atomic E-state index is 0.0428. The summed E-state index contributed by atoms with van der Waals surface area (Å²) in [6.07, 6.45) is 1.49. The first-order valence-electron chi connectivity index (χ1n) is 9.14. The molecule has 0 bridgehead atoms. The number of carbonyl (C=O) groups is 1. The van der Waals surface area contributed by atoms with Gasteiger partial charge in [0, 0.05) is 46.9 Å². The van der Waals surface area contributed by atoms with Gasteiger partial charge in [0.2, 0.25) is 0 Å². The van der Waals surface area contributed by atoms with E-state index in [4.69, 9.17) is 0 Å². The van der Waals surface area contributed by atoms with Crippen molar-refractivity contribution in [3.05, 3.63) is 98.1 Å². The van der Waals surface area contributed by atoms with Gasteiger partial charge in [-0.1, -0.05) is 23.8 Å². The lowest BCUT2D eigenvalue weighted by molar-refractivity contribution is -0.384. The maximum absolute atomic E-state index is 12.5. The van der Waals surface area contributed by atoms with Crippen molar-refractivity contribution in [3.8, 4) is 11.1 Å². The van der Waals surface area contributed by atoms with E-state index in [1.165, 1.54) is 18.3 Å². The summed E-state index contributed by atoms with van der Waals surface area (Å²) in [5.74, 6) is -1.19. The summed E-state index contributed by atoms with van der Waals surface area (Å²) in [5.41, 5.74) is 2.20. The van der Waals surface area contributed by atoms with Crippen molar-refractivity contribution in [2.75, 3.05) is 0 Å². The van der Waals surface area contributed by atoms with Crippen LogP contribution < -0.4 is 5.56 Å². The Morgan fingerprint density at radius 1 is 1.17 bits per heavy atom. The number of pyridine rings is 1. The molecule has 0 amide bonds. The molecule has 0 unspecified atom stereocenters. The van der Waals surface area contributed by atoms with Crippen LogP contribution in [0.3, 0.4) is 0 Å². The number of nitro groups is 1. The molecule has 2 aromatic heterocycles. The average molecular weight is 403 g/mol. The van der Waals surface area contributed by atoms with E-state index in [0.717, 1.165) is 5.56 Å². The van der Waals surface area contributed by atoms with Crippen LogP contribution in [0.4, 0.5) is 5.69 Å². The molecule has 4 rings (SSSR count). The number of nitrogens with one attached hydrogen (secondary N) is 1. The maximum atomic E-state index is 12.5. The Kier molecular flexibility index (Phi) is 4.67. The number of aromatic nitrogens is 2. The molecular weight excluding hydrogens is 386 g/mol. The lowest BCUT2D eigenvalue weighted by Gasteiger charge is -2.09. The molecule has 8 heteroatoms. The molecule has 30 heavy (non-hydrogen) atoms. The zero-order chi connectivity index (χ0) is 21.4. The number of aryl methyl sites for hydroxylation is 1. The molecule has 0 radical (unpaired) electrons. The molecule has 2 N–H and O–H groups in total. The Labute approximate surface area is 170 Å². The van der Waals surface area contributed by atoms with E-state index in [1.807, 2.05) is 19.1 Å². The fraction of sp³-hybridized carbons (Fsp3) is 0.0909. The van der Waals surface area contributed by atoms with Gasteiger partial charge in [0.15, 0.2) is 0 Å². The van der Waals surface area contributed by atoms with Crippen LogP contribution in [-0.2, 0) is 6.54 Å². The molecule has 150 valence electrons. The number of nitrogens with zero attached hydrogens (tertiary/aromatic N) is 2. The fourth-order valence-electron chi connectivity index (χ4n) is 3.70. The summed E-state index contributed by atoms with van der Waals surface area (Å²) >= 11 is 0. The van der Waals surface area contributed by atoms with E-state index in [9.17, 15) is 24.8 Å². The van der Waals surface area contributed by atoms with E-state index in [2.05, 4.69) is 4.98 Å². The SMILES string of the molecule is Cc1ccc2c(c1)c(-c1ccc[nH]c1=O)c(C(=O)O)n2Cc1cccc([N+](=O)[O-])c1. The molecule has 0 aliphatic rings. The Morgan fingerprint density at radius 3 is 2.67 bits per heavy atom. The lowest BCUT2D eigenvalue weighted by Crippen LogP contribution is -2.13. The molecule has 8 nitrogen and oxygen atoms in total. The molecule has 4 aromatic rings. The number of nitro benzene ring substituents is 1. The Bertz CT molecular complexity index is 1370. The summed E-state index contributed by atoms with van der Waals surface area (Å²) in [4.78, 5) is 38.0. The first kappa shape index (κ1) is 19.1. The second kappa shape index (κ2) is 7.32. The van der Waals surface area contributed by atoms with Gasteiger partial charge in [-0.25, -0.2) is 4.79 Å². The molecule has 0 aliphatic carbocycles. The zero-order valence-corrected chi connectivity index (χ0v) is 16.0. The van der Waals surface area contributed by atoms with Crippen molar-refractivity contribution in [2.45, 2.75) is 13.5 Å². The van der Waals surface area contributed by atoms with Crippen molar-refractivity contribution < 1.29 is 14.8 Å². The molecule has 0 fully saturated rings. The summed E-state index contributed by atoms with van der Waals surface area (Å²) in [6, 6.07) is 14.8. The van der Waals surface area contributed by atoms with Gasteiger partial charge >= 0.3 is 5.97 Å². The zero-order valence-electron chi connectivity index (χ0n) is 16.0. The smallest absolute Gasteiger partial charge is 0.353 e. The minimum Gasteiger partial charge on any atom is -0.477 e. The van der Waals surface area contributed by atoms with Gasteiger partial charge in [-0.2, -0.15) is 0 Å². The van der Waals surface area contributed by atoms with Crippen molar-refractivity contribution in [1.29, 1.82) is 0 Å². The van der Waals surface area contributed by atoms with Gasteiger partial charge in [0.1, 0.15) is 5.69 Å². The second-order valence-corrected chi connectivity index (χ2v) is 6.98. The monoisotopic (exact) mass is 403 g/mol. The third kappa shape index (κ3) is 3.24. The average Bonchev–Trinajstić information content (AvgIpc) is 3.02. The number of non-ortho nitro benzene ring substituents is 1. The van der Waals surface area contributed by atoms with Crippen LogP contribution in [0.1, 0.15) is 21.6 Å². The van der Waals surface area contributed by atoms with E-state index in [0.29, 0.717) is 22.0 Å². The van der Waals surface area contributed by atoms with Gasteiger partial charge in [-0.05, 0) is 36.8 Å². The Morgan fingerprint density at radius 2 is 1.97 bits per heavy atom. The number of aromatic carboxylic acids is 1. The number of benzene rings is 2. The molecular formula is C22H17N3O5. The predicted octanol–water partition coefficient (Wildman–Crippen LogP) is 3.96. The summed E-state index contributed by atoms with van der Waals surface area (Å²) in [5, 5.41) is 21.8. The molecule has 0 aliphatic heterocycles. The molecule has 2 heterocycles. The fourth-order valence-corrected chi connectivity index (χ4v) is 3.70. The maximum Gasteiger partial charge on any atom is 0.353 e. The van der Waals surface area contributed by atoms with Crippen LogP contribution >= 0.6 is 0 Å². The van der Waals surface area contributed by atoms with Gasteiger partial charge in [-0.3, -0.25) is 14.9 Å². The summed E-state index contributed by atoms with van der Waals surface area (Å²) < 4.78 is 1.58. The van der Waals surface area contributed by atoms with Crippen LogP contribution in [0.25, 0.3) is 22.0 Å². The number of carboxylic acid groups (broad SMARTS) is 1. The highest BCUT2D eigenvalue weighted by Crippen LogP contribution is 2.35. The number of carboxylic acids is 1. The molecule has 0 atom stereocenters. The van der Waals surface area contributed by atoms with Crippen molar-refractivity contribution in [1.82, 2.24) is 9.55 Å². The van der Waals surface area contributed by atoms with E-state index >= 15 is 0 Å². The third-order valence-electron chi connectivity index (χ3n) is 4.97. The van der Waals surface area contributed by atoms with E-state index in [1.54, 1.807) is 34.9 Å². The van der Waals surface area contributed by atoms with Gasteiger partial charge in [-0.15, -0.1) is 0 Å². The van der Waals surface area contributed by atoms with E-state index < -0.39 is 16.5 Å². The quantitative estimate of drug-likeness (QED) is 0.386. The third-order valence-corrected chi connectivity index (χ3v) is 4.97. The van der Waals surface area contributed by atoms with E-state index in [-0.39, 0.29) is 23.5 Å². The van der Waals surface area contributed by atoms with Crippen molar-refractivity contribution in [3.63, 3.8) is 0 Å². The van der Waals surface area contributed by atoms with Crippen LogP contribution in [0.5, 0.6) is 0 Å². The highest BCUT2D eigenvalue weighted by Gasteiger charge is 2.25. The molecule has 0 saturated heterocycles. The number of hydrogen-bond acceptors (Lipinski definition) is 4. The van der Waals surface area contributed by atoms with Crippen molar-refractivity contribution >= 4 is 22.6 Å². The highest BCUT2D eigenvalue weighted by atomic mass is 16.6. The predicted molar refractivity (Wildman–Crippen MR) is 112 cm³/mol. The second-order valence-electron chi connectivity index (χ2n) is 6.98.